The Bertz CT molecular complexity index is 793. The molecular weight excluding hydrogens is 339 g/mol. The number of aryl methyl sites for hydroxylation is 1. The molecule has 3 N–H and O–H groups in total. The molecule has 1 amide bonds. The first-order chi connectivity index (χ1) is 11.4. The number of nitrogen functional groups attached to an aromatic ring is 1. The summed E-state index contributed by atoms with van der Waals surface area (Å²) in [6.07, 6.45) is -5.27. The third-order valence-corrected chi connectivity index (χ3v) is 3.00. The Morgan fingerprint density at radius 1 is 1.28 bits per heavy atom. The number of nitrogens with two attached hydrogens (primary N) is 1. The number of nitrogens with zero attached hydrogens (tertiary/aromatic N) is 3. The SMILES string of the molecule is Cn1nc(C(F)(F)F)cc1-c1ccc(NC(=O)OC(C)(C)C)nc1N. The van der Waals surface area contributed by atoms with Crippen molar-refractivity contribution in [3.05, 3.63) is 23.9 Å². The predicted octanol–water partition coefficient (Wildman–Crippen LogP) is 3.43. The molecule has 0 unspecified atom stereocenters. The van der Waals surface area contributed by atoms with Gasteiger partial charge in [0.05, 0.1) is 5.69 Å². The summed E-state index contributed by atoms with van der Waals surface area (Å²) in [4.78, 5) is 15.7. The Hall–Kier alpha value is -2.78. The summed E-state index contributed by atoms with van der Waals surface area (Å²) >= 11 is 0. The standard InChI is InChI=1S/C15H18F3N5O2/c1-14(2,3)25-13(24)21-11-6-5-8(12(19)20-11)9-7-10(15(16,17)18)22-23(9)4/h5-7H,1-4H3,(H3,19,20,21,24). The first-order valence-electron chi connectivity index (χ1n) is 7.25. The lowest BCUT2D eigenvalue weighted by atomic mass is 10.1. The van der Waals surface area contributed by atoms with Gasteiger partial charge in [0.25, 0.3) is 0 Å². The number of hydrogen-bond acceptors (Lipinski definition) is 5. The Kier molecular flexibility index (Phi) is 4.65. The highest BCUT2D eigenvalue weighted by Crippen LogP contribution is 2.33. The van der Waals surface area contributed by atoms with Gasteiger partial charge in [-0.15, -0.1) is 0 Å². The summed E-state index contributed by atoms with van der Waals surface area (Å²) in [6.45, 7) is 5.12. The zero-order chi connectivity index (χ0) is 19.0. The van der Waals surface area contributed by atoms with Crippen molar-refractivity contribution in [3.8, 4) is 11.3 Å². The Morgan fingerprint density at radius 3 is 2.40 bits per heavy atom. The van der Waals surface area contributed by atoms with Crippen LogP contribution < -0.4 is 11.1 Å². The smallest absolute Gasteiger partial charge is 0.435 e. The van der Waals surface area contributed by atoms with Gasteiger partial charge < -0.3 is 10.5 Å². The molecule has 0 bridgehead atoms. The van der Waals surface area contributed by atoms with E-state index in [1.165, 1.54) is 19.2 Å². The van der Waals surface area contributed by atoms with Crippen LogP contribution in [-0.4, -0.2) is 26.5 Å². The van der Waals surface area contributed by atoms with Gasteiger partial charge in [0.15, 0.2) is 5.69 Å². The van der Waals surface area contributed by atoms with Gasteiger partial charge in [0.1, 0.15) is 17.2 Å². The number of anilines is 2. The molecule has 0 spiro atoms. The molecule has 2 heterocycles. The molecule has 0 fully saturated rings. The van der Waals surface area contributed by atoms with E-state index < -0.39 is 23.6 Å². The molecule has 0 aliphatic rings. The monoisotopic (exact) mass is 357 g/mol. The van der Waals surface area contributed by atoms with Crippen molar-refractivity contribution in [2.24, 2.45) is 7.05 Å². The summed E-state index contributed by atoms with van der Waals surface area (Å²) in [5.41, 5.74) is 4.53. The molecule has 2 rings (SSSR count). The van der Waals surface area contributed by atoms with Crippen LogP contribution in [0.25, 0.3) is 11.3 Å². The second-order valence-corrected chi connectivity index (χ2v) is 6.29. The van der Waals surface area contributed by atoms with Gasteiger partial charge in [0.2, 0.25) is 0 Å². The van der Waals surface area contributed by atoms with Gasteiger partial charge in [-0.05, 0) is 39.0 Å². The zero-order valence-corrected chi connectivity index (χ0v) is 14.1. The van der Waals surface area contributed by atoms with Crippen LogP contribution in [0.5, 0.6) is 0 Å². The van der Waals surface area contributed by atoms with E-state index in [4.69, 9.17) is 10.5 Å². The van der Waals surface area contributed by atoms with E-state index in [0.29, 0.717) is 0 Å². The minimum Gasteiger partial charge on any atom is -0.444 e. The van der Waals surface area contributed by atoms with Crippen LogP contribution in [0.4, 0.5) is 29.6 Å². The topological polar surface area (TPSA) is 95.1 Å². The van der Waals surface area contributed by atoms with Crippen LogP contribution in [0.1, 0.15) is 26.5 Å². The van der Waals surface area contributed by atoms with Crippen molar-refractivity contribution < 1.29 is 22.7 Å². The van der Waals surface area contributed by atoms with Gasteiger partial charge in [-0.2, -0.15) is 18.3 Å². The molecule has 2 aromatic heterocycles. The molecule has 0 atom stereocenters. The van der Waals surface area contributed by atoms with Crippen molar-refractivity contribution in [1.29, 1.82) is 0 Å². The first kappa shape index (κ1) is 18.6. The first-order valence-corrected chi connectivity index (χ1v) is 7.25. The average Bonchev–Trinajstić information content (AvgIpc) is 2.78. The number of hydrogen-bond donors (Lipinski definition) is 2. The molecule has 0 aliphatic carbocycles. The number of rotatable bonds is 2. The van der Waals surface area contributed by atoms with Crippen molar-refractivity contribution in [3.63, 3.8) is 0 Å². The molecule has 0 aromatic carbocycles. The third-order valence-electron chi connectivity index (χ3n) is 3.00. The Labute approximate surface area is 142 Å². The average molecular weight is 357 g/mol. The molecule has 136 valence electrons. The molecule has 10 heteroatoms. The van der Waals surface area contributed by atoms with Crippen LogP contribution in [0.3, 0.4) is 0 Å². The highest BCUT2D eigenvalue weighted by atomic mass is 19.4. The number of alkyl halides is 3. The maximum absolute atomic E-state index is 12.8. The Balaban J connectivity index is 2.26. The van der Waals surface area contributed by atoms with Gasteiger partial charge in [0, 0.05) is 12.6 Å². The van der Waals surface area contributed by atoms with E-state index in [1.807, 2.05) is 0 Å². The minimum absolute atomic E-state index is 0.0507. The largest absolute Gasteiger partial charge is 0.444 e. The van der Waals surface area contributed by atoms with E-state index in [9.17, 15) is 18.0 Å². The molecule has 25 heavy (non-hydrogen) atoms. The third kappa shape index (κ3) is 4.61. The fourth-order valence-electron chi connectivity index (χ4n) is 2.03. The maximum atomic E-state index is 12.8. The van der Waals surface area contributed by atoms with Gasteiger partial charge in [-0.1, -0.05) is 0 Å². The fourth-order valence-corrected chi connectivity index (χ4v) is 2.03. The highest BCUT2D eigenvalue weighted by molar-refractivity contribution is 5.85. The lowest BCUT2D eigenvalue weighted by Crippen LogP contribution is -2.27. The second kappa shape index (κ2) is 6.26. The van der Waals surface area contributed by atoms with Crippen LogP contribution in [0, 0.1) is 0 Å². The molecular formula is C15H18F3N5O2. The number of pyridine rings is 1. The number of ether oxygens (including phenoxy) is 1. The minimum atomic E-state index is -4.56. The summed E-state index contributed by atoms with van der Waals surface area (Å²) in [6, 6.07) is 3.75. The van der Waals surface area contributed by atoms with E-state index in [-0.39, 0.29) is 22.9 Å². The van der Waals surface area contributed by atoms with Gasteiger partial charge in [-0.25, -0.2) is 9.78 Å². The van der Waals surface area contributed by atoms with Crippen LogP contribution >= 0.6 is 0 Å². The van der Waals surface area contributed by atoms with E-state index in [1.54, 1.807) is 20.8 Å². The molecule has 0 saturated heterocycles. The van der Waals surface area contributed by atoms with Gasteiger partial charge >= 0.3 is 12.3 Å². The fraction of sp³-hybridized carbons (Fsp3) is 0.400. The van der Waals surface area contributed by atoms with Gasteiger partial charge in [-0.3, -0.25) is 10.00 Å². The van der Waals surface area contributed by atoms with Crippen molar-refractivity contribution >= 4 is 17.7 Å². The van der Waals surface area contributed by atoms with Crippen molar-refractivity contribution in [1.82, 2.24) is 14.8 Å². The quantitative estimate of drug-likeness (QED) is 0.859. The summed E-state index contributed by atoms with van der Waals surface area (Å²) < 4.78 is 44.4. The van der Waals surface area contributed by atoms with Crippen molar-refractivity contribution in [2.75, 3.05) is 11.1 Å². The molecule has 0 saturated carbocycles. The van der Waals surface area contributed by atoms with E-state index in [0.717, 1.165) is 10.7 Å². The zero-order valence-electron chi connectivity index (χ0n) is 14.1. The molecule has 7 nitrogen and oxygen atoms in total. The lowest BCUT2D eigenvalue weighted by molar-refractivity contribution is -0.141. The van der Waals surface area contributed by atoms with Crippen LogP contribution in [0.15, 0.2) is 18.2 Å². The number of nitrogens with one attached hydrogen (secondary N) is 1. The summed E-state index contributed by atoms with van der Waals surface area (Å²) in [5, 5.41) is 5.84. The summed E-state index contributed by atoms with van der Waals surface area (Å²) in [5.74, 6) is 0.0685. The number of carbonyl (C=O) groups is 1. The van der Waals surface area contributed by atoms with E-state index >= 15 is 0 Å². The predicted molar refractivity (Wildman–Crippen MR) is 85.7 cm³/mol. The normalized spacial score (nSPS) is 12.1. The number of halogens is 3. The van der Waals surface area contributed by atoms with Crippen LogP contribution in [-0.2, 0) is 18.0 Å². The number of aromatic nitrogens is 3. The number of amides is 1. The lowest BCUT2D eigenvalue weighted by Gasteiger charge is -2.19. The molecule has 2 aromatic rings. The van der Waals surface area contributed by atoms with Crippen LogP contribution in [0.2, 0.25) is 0 Å². The maximum Gasteiger partial charge on any atom is 0.435 e. The molecule has 0 radical (unpaired) electrons. The highest BCUT2D eigenvalue weighted by Gasteiger charge is 2.35. The van der Waals surface area contributed by atoms with E-state index in [2.05, 4.69) is 15.4 Å². The summed E-state index contributed by atoms with van der Waals surface area (Å²) in [7, 11) is 1.37. The molecule has 0 aliphatic heterocycles. The second-order valence-electron chi connectivity index (χ2n) is 6.29. The Morgan fingerprint density at radius 2 is 1.92 bits per heavy atom. The van der Waals surface area contributed by atoms with Crippen molar-refractivity contribution in [2.45, 2.75) is 32.5 Å². The number of carbonyl (C=O) groups excluding carboxylic acids is 1.